The number of imidazole rings is 1. The maximum Gasteiger partial charge on any atom is 0.416 e. The van der Waals surface area contributed by atoms with E-state index < -0.39 is 0 Å². The van der Waals surface area contributed by atoms with Gasteiger partial charge >= 0.3 is 6.03 Å². The Balaban J connectivity index is 2.18. The van der Waals surface area contributed by atoms with Gasteiger partial charge in [0.05, 0.1) is 7.05 Å². The minimum Gasteiger partial charge on any atom is -0.301 e. The van der Waals surface area contributed by atoms with Crippen LogP contribution in [0.15, 0.2) is 18.7 Å². The van der Waals surface area contributed by atoms with Crippen LogP contribution in [0.5, 0.6) is 0 Å². The van der Waals surface area contributed by atoms with Crippen LogP contribution in [0, 0.1) is 11.8 Å². The van der Waals surface area contributed by atoms with Crippen LogP contribution in [0.1, 0.15) is 27.2 Å². The van der Waals surface area contributed by atoms with Crippen molar-refractivity contribution in [2.75, 3.05) is 6.54 Å². The molecule has 0 spiro atoms. The predicted octanol–water partition coefficient (Wildman–Crippen LogP) is 1.65. The van der Waals surface area contributed by atoms with E-state index in [2.05, 4.69) is 20.8 Å². The summed E-state index contributed by atoms with van der Waals surface area (Å²) in [6.45, 7) is 7.47. The van der Waals surface area contributed by atoms with Gasteiger partial charge in [-0.3, -0.25) is 0 Å². The van der Waals surface area contributed by atoms with Crippen molar-refractivity contribution in [2.24, 2.45) is 18.9 Å². The minimum atomic E-state index is 0.0940. The molecule has 0 saturated carbocycles. The summed E-state index contributed by atoms with van der Waals surface area (Å²) in [4.78, 5) is 14.4. The zero-order chi connectivity index (χ0) is 12.6. The Morgan fingerprint density at radius 1 is 1.35 bits per heavy atom. The van der Waals surface area contributed by atoms with Crippen LogP contribution in [0.4, 0.5) is 4.79 Å². The first-order valence-electron chi connectivity index (χ1n) is 6.33. The van der Waals surface area contributed by atoms with Gasteiger partial charge in [0.25, 0.3) is 6.33 Å². The molecular formula is C13H22N3O+. The van der Waals surface area contributed by atoms with Gasteiger partial charge in [-0.05, 0) is 25.2 Å². The zero-order valence-corrected chi connectivity index (χ0v) is 11.1. The number of amides is 1. The monoisotopic (exact) mass is 236 g/mol. The largest absolute Gasteiger partial charge is 0.416 e. The average molecular weight is 236 g/mol. The lowest BCUT2D eigenvalue weighted by Crippen LogP contribution is -2.50. The molecule has 4 heteroatoms. The lowest BCUT2D eigenvalue weighted by molar-refractivity contribution is -0.670. The van der Waals surface area contributed by atoms with Gasteiger partial charge in [0, 0.05) is 12.6 Å². The molecule has 2 heterocycles. The van der Waals surface area contributed by atoms with Crippen molar-refractivity contribution in [3.05, 3.63) is 18.7 Å². The average Bonchev–Trinajstić information content (AvgIpc) is 2.69. The summed E-state index contributed by atoms with van der Waals surface area (Å²) in [5.41, 5.74) is 0. The van der Waals surface area contributed by atoms with Crippen molar-refractivity contribution in [3.63, 3.8) is 0 Å². The number of nitrogens with zero attached hydrogens (tertiary/aromatic N) is 3. The Morgan fingerprint density at radius 3 is 2.65 bits per heavy atom. The molecule has 0 radical (unpaired) electrons. The number of aromatic nitrogens is 2. The van der Waals surface area contributed by atoms with E-state index >= 15 is 0 Å². The molecule has 1 aliphatic rings. The molecule has 94 valence electrons. The van der Waals surface area contributed by atoms with Crippen LogP contribution in [-0.2, 0) is 7.05 Å². The lowest BCUT2D eigenvalue weighted by Gasteiger charge is -2.39. The van der Waals surface area contributed by atoms with Crippen molar-refractivity contribution >= 4 is 6.03 Å². The topological polar surface area (TPSA) is 29.1 Å². The first kappa shape index (κ1) is 12.1. The molecule has 0 aromatic carbocycles. The number of aryl methyl sites for hydroxylation is 1. The van der Waals surface area contributed by atoms with E-state index in [9.17, 15) is 4.79 Å². The van der Waals surface area contributed by atoms with Crippen LogP contribution in [0.2, 0.25) is 0 Å². The van der Waals surface area contributed by atoms with Gasteiger partial charge in [-0.1, -0.05) is 13.8 Å². The normalized spacial score (nSPS) is 29.4. The fraction of sp³-hybridized carbons (Fsp3) is 0.692. The smallest absolute Gasteiger partial charge is 0.301 e. The van der Waals surface area contributed by atoms with E-state index in [-0.39, 0.29) is 6.03 Å². The van der Waals surface area contributed by atoms with E-state index in [0.717, 1.165) is 6.54 Å². The number of carbonyl (C=O) groups is 1. The molecule has 3 atom stereocenters. The molecule has 1 aromatic rings. The predicted molar refractivity (Wildman–Crippen MR) is 65.5 cm³/mol. The molecule has 0 bridgehead atoms. The van der Waals surface area contributed by atoms with Gasteiger partial charge in [0.1, 0.15) is 12.4 Å². The SMILES string of the molecule is CC1CC(C)C(C)N(C(=O)n2cc[n+](C)c2)C1. The summed E-state index contributed by atoms with van der Waals surface area (Å²) in [6.07, 6.45) is 6.74. The third-order valence-electron chi connectivity index (χ3n) is 3.83. The van der Waals surface area contributed by atoms with Crippen molar-refractivity contribution in [2.45, 2.75) is 33.2 Å². The lowest BCUT2D eigenvalue weighted by atomic mass is 9.86. The van der Waals surface area contributed by atoms with Gasteiger partial charge in [-0.15, -0.1) is 0 Å². The number of hydrogen-bond donors (Lipinski definition) is 0. The highest BCUT2D eigenvalue weighted by atomic mass is 16.2. The molecule has 1 aromatic heterocycles. The quantitative estimate of drug-likeness (QED) is 0.630. The Kier molecular flexibility index (Phi) is 3.22. The number of likely N-dealkylation sites (tertiary alicyclic amines) is 1. The molecule has 1 amide bonds. The molecule has 0 aliphatic carbocycles. The zero-order valence-electron chi connectivity index (χ0n) is 11.1. The van der Waals surface area contributed by atoms with Gasteiger partial charge in [0.2, 0.25) is 0 Å². The van der Waals surface area contributed by atoms with E-state index in [0.29, 0.717) is 17.9 Å². The highest BCUT2D eigenvalue weighted by molar-refractivity contribution is 5.76. The van der Waals surface area contributed by atoms with E-state index in [1.54, 1.807) is 4.57 Å². The summed E-state index contributed by atoms with van der Waals surface area (Å²) in [7, 11) is 1.93. The first-order valence-corrected chi connectivity index (χ1v) is 6.33. The van der Waals surface area contributed by atoms with E-state index in [1.807, 2.05) is 35.2 Å². The molecule has 1 fully saturated rings. The van der Waals surface area contributed by atoms with Crippen LogP contribution < -0.4 is 4.57 Å². The number of rotatable bonds is 0. The van der Waals surface area contributed by atoms with Crippen molar-refractivity contribution < 1.29 is 9.36 Å². The highest BCUT2D eigenvalue weighted by Gasteiger charge is 2.34. The molecule has 0 N–H and O–H groups in total. The number of piperidine rings is 1. The summed E-state index contributed by atoms with van der Waals surface area (Å²) >= 11 is 0. The molecular weight excluding hydrogens is 214 g/mol. The van der Waals surface area contributed by atoms with Gasteiger partial charge in [-0.2, -0.15) is 4.57 Å². The molecule has 17 heavy (non-hydrogen) atoms. The van der Waals surface area contributed by atoms with Gasteiger partial charge in [0.15, 0.2) is 0 Å². The van der Waals surface area contributed by atoms with Crippen molar-refractivity contribution in [3.8, 4) is 0 Å². The van der Waals surface area contributed by atoms with Gasteiger partial charge < -0.3 is 4.90 Å². The second-order valence-corrected chi connectivity index (χ2v) is 5.48. The van der Waals surface area contributed by atoms with E-state index in [1.165, 1.54) is 6.42 Å². The maximum atomic E-state index is 12.4. The molecule has 2 rings (SSSR count). The maximum absolute atomic E-state index is 12.4. The highest BCUT2D eigenvalue weighted by Crippen LogP contribution is 2.27. The van der Waals surface area contributed by atoms with Crippen molar-refractivity contribution in [1.29, 1.82) is 0 Å². The van der Waals surface area contributed by atoms with Crippen LogP contribution in [-0.4, -0.2) is 28.1 Å². The van der Waals surface area contributed by atoms with Crippen LogP contribution in [0.3, 0.4) is 0 Å². The van der Waals surface area contributed by atoms with Crippen LogP contribution >= 0.6 is 0 Å². The molecule has 4 nitrogen and oxygen atoms in total. The van der Waals surface area contributed by atoms with E-state index in [4.69, 9.17) is 0 Å². The fourth-order valence-electron chi connectivity index (χ4n) is 2.68. The summed E-state index contributed by atoms with van der Waals surface area (Å²) in [5.74, 6) is 1.17. The third-order valence-corrected chi connectivity index (χ3v) is 3.83. The van der Waals surface area contributed by atoms with Crippen LogP contribution in [0.25, 0.3) is 0 Å². The van der Waals surface area contributed by atoms with Gasteiger partial charge in [-0.25, -0.2) is 9.36 Å². The standard InChI is InChI=1S/C13H22N3O/c1-10-7-11(2)12(3)16(8-10)13(17)15-6-5-14(4)9-15/h5-6,9-12H,7-8H2,1-4H3/q+1. The van der Waals surface area contributed by atoms with Crippen molar-refractivity contribution in [1.82, 2.24) is 9.47 Å². The minimum absolute atomic E-state index is 0.0940. The molecule has 1 aliphatic heterocycles. The Morgan fingerprint density at radius 2 is 2.06 bits per heavy atom. The number of carbonyl (C=O) groups excluding carboxylic acids is 1. The summed E-state index contributed by atoms with van der Waals surface area (Å²) < 4.78 is 3.56. The summed E-state index contributed by atoms with van der Waals surface area (Å²) in [6, 6.07) is 0.419. The summed E-state index contributed by atoms with van der Waals surface area (Å²) in [5, 5.41) is 0. The number of hydrogen-bond acceptors (Lipinski definition) is 1. The third kappa shape index (κ3) is 2.35. The first-order chi connectivity index (χ1) is 7.99. The molecule has 3 unspecified atom stereocenters. The Bertz CT molecular complexity index is 413. The molecule has 1 saturated heterocycles. The fourth-order valence-corrected chi connectivity index (χ4v) is 2.68. The second kappa shape index (κ2) is 4.51. The second-order valence-electron chi connectivity index (χ2n) is 5.48. The Hall–Kier alpha value is -1.32. The Labute approximate surface area is 103 Å².